The van der Waals surface area contributed by atoms with Crippen LogP contribution in [0.15, 0.2) is 36.7 Å². The van der Waals surface area contributed by atoms with Crippen LogP contribution in [0.2, 0.25) is 0 Å². The second-order valence-corrected chi connectivity index (χ2v) is 7.44. The maximum Gasteiger partial charge on any atom is 0.254 e. The third kappa shape index (κ3) is 3.49. The van der Waals surface area contributed by atoms with E-state index in [0.717, 1.165) is 30.8 Å². The van der Waals surface area contributed by atoms with Gasteiger partial charge in [0.2, 0.25) is 5.91 Å². The van der Waals surface area contributed by atoms with Gasteiger partial charge in [-0.25, -0.2) is 4.98 Å². The van der Waals surface area contributed by atoms with E-state index in [1.807, 2.05) is 19.1 Å². The Balaban J connectivity index is 1.34. The van der Waals surface area contributed by atoms with E-state index >= 15 is 0 Å². The molecule has 2 N–H and O–H groups in total. The zero-order chi connectivity index (χ0) is 18.9. The number of carbonyl (C=O) groups is 1. The highest BCUT2D eigenvalue weighted by Gasteiger charge is 2.36. The summed E-state index contributed by atoms with van der Waals surface area (Å²) in [4.78, 5) is 21.2. The number of anilines is 1. The number of rotatable bonds is 5. The van der Waals surface area contributed by atoms with E-state index in [-0.39, 0.29) is 11.3 Å². The van der Waals surface area contributed by atoms with E-state index in [1.165, 1.54) is 17.5 Å². The van der Waals surface area contributed by atoms with Gasteiger partial charge < -0.3 is 10.6 Å². The quantitative estimate of drug-likeness (QED) is 0.678. The molecule has 3 aromatic rings. The number of carbonyl (C=O) groups excluding carboxylic acids is 1. The summed E-state index contributed by atoms with van der Waals surface area (Å²) in [6.07, 6.45) is 4.12. The summed E-state index contributed by atoms with van der Waals surface area (Å²) in [6, 6.07) is 10.3. The first kappa shape index (κ1) is 17.5. The molecule has 2 aromatic heterocycles. The Morgan fingerprint density at radius 3 is 2.93 bits per heavy atom. The lowest BCUT2D eigenvalue weighted by Crippen LogP contribution is -2.44. The number of nitrogens with one attached hydrogen (secondary N) is 2. The van der Waals surface area contributed by atoms with Gasteiger partial charge in [-0.2, -0.15) is 14.6 Å². The minimum absolute atomic E-state index is 0.121. The van der Waals surface area contributed by atoms with Crippen LogP contribution in [0.25, 0.3) is 5.78 Å². The van der Waals surface area contributed by atoms with Crippen molar-refractivity contribution in [3.8, 4) is 0 Å². The van der Waals surface area contributed by atoms with Crippen molar-refractivity contribution in [2.45, 2.75) is 33.1 Å². The monoisotopic (exact) mass is 364 g/mol. The van der Waals surface area contributed by atoms with Crippen molar-refractivity contribution in [2.24, 2.45) is 5.41 Å². The highest BCUT2D eigenvalue weighted by molar-refractivity contribution is 5.83. The van der Waals surface area contributed by atoms with E-state index < -0.39 is 0 Å². The van der Waals surface area contributed by atoms with Crippen LogP contribution in [0.1, 0.15) is 30.2 Å². The van der Waals surface area contributed by atoms with Gasteiger partial charge in [0.25, 0.3) is 5.78 Å². The first-order valence-corrected chi connectivity index (χ1v) is 9.31. The molecule has 1 atom stereocenters. The van der Waals surface area contributed by atoms with Crippen molar-refractivity contribution in [3.63, 3.8) is 0 Å². The number of aryl methyl sites for hydroxylation is 2. The second kappa shape index (κ2) is 6.98. The van der Waals surface area contributed by atoms with E-state index in [0.29, 0.717) is 18.9 Å². The topological polar surface area (TPSA) is 84.2 Å². The largest absolute Gasteiger partial charge is 0.368 e. The molecule has 1 aliphatic carbocycles. The highest BCUT2D eigenvalue weighted by Crippen LogP contribution is 2.35. The molecule has 0 saturated carbocycles. The van der Waals surface area contributed by atoms with Gasteiger partial charge in [0.1, 0.15) is 12.1 Å². The van der Waals surface area contributed by atoms with Gasteiger partial charge >= 0.3 is 0 Å². The lowest BCUT2D eigenvalue weighted by atomic mass is 9.72. The van der Waals surface area contributed by atoms with E-state index in [9.17, 15) is 4.79 Å². The Morgan fingerprint density at radius 2 is 2.07 bits per heavy atom. The fourth-order valence-electron chi connectivity index (χ4n) is 3.72. The number of hydrogen-bond acceptors (Lipinski definition) is 5. The molecule has 0 saturated heterocycles. The van der Waals surface area contributed by atoms with Crippen LogP contribution in [0.4, 0.5) is 5.82 Å². The van der Waals surface area contributed by atoms with Crippen molar-refractivity contribution in [3.05, 3.63) is 53.5 Å². The summed E-state index contributed by atoms with van der Waals surface area (Å²) >= 11 is 0. The maximum atomic E-state index is 12.8. The van der Waals surface area contributed by atoms with Gasteiger partial charge in [-0.05, 0) is 37.3 Å². The summed E-state index contributed by atoms with van der Waals surface area (Å²) in [5.74, 6) is 1.51. The molecular weight excluding hydrogens is 340 g/mol. The molecule has 0 fully saturated rings. The summed E-state index contributed by atoms with van der Waals surface area (Å²) in [5.41, 5.74) is 3.19. The fourth-order valence-corrected chi connectivity index (χ4v) is 3.72. The molecule has 2 heterocycles. The van der Waals surface area contributed by atoms with Crippen LogP contribution >= 0.6 is 0 Å². The first-order chi connectivity index (χ1) is 13.0. The lowest BCUT2D eigenvalue weighted by molar-refractivity contribution is -0.130. The molecule has 27 heavy (non-hydrogen) atoms. The Hall–Kier alpha value is -2.96. The maximum absolute atomic E-state index is 12.8. The minimum Gasteiger partial charge on any atom is -0.368 e. The zero-order valence-electron chi connectivity index (χ0n) is 15.7. The molecule has 0 unspecified atom stereocenters. The normalized spacial score (nSPS) is 18.9. The van der Waals surface area contributed by atoms with Gasteiger partial charge in [-0.1, -0.05) is 31.2 Å². The summed E-state index contributed by atoms with van der Waals surface area (Å²) in [5, 5.41) is 10.6. The molecule has 0 aliphatic heterocycles. The average Bonchev–Trinajstić information content (AvgIpc) is 3.13. The minimum atomic E-state index is -0.346. The lowest BCUT2D eigenvalue weighted by Gasteiger charge is -2.33. The van der Waals surface area contributed by atoms with Gasteiger partial charge in [-0.15, -0.1) is 0 Å². The van der Waals surface area contributed by atoms with E-state index in [1.54, 1.807) is 4.52 Å². The van der Waals surface area contributed by atoms with Crippen molar-refractivity contribution in [2.75, 3.05) is 18.4 Å². The number of hydrogen-bond donors (Lipinski definition) is 2. The predicted octanol–water partition coefficient (Wildman–Crippen LogP) is 2.16. The van der Waals surface area contributed by atoms with Crippen LogP contribution < -0.4 is 10.6 Å². The summed E-state index contributed by atoms with van der Waals surface area (Å²) in [7, 11) is 0. The molecule has 0 radical (unpaired) electrons. The Bertz CT molecular complexity index is 982. The van der Waals surface area contributed by atoms with Crippen LogP contribution in [-0.4, -0.2) is 38.6 Å². The smallest absolute Gasteiger partial charge is 0.254 e. The molecule has 7 nitrogen and oxygen atoms in total. The number of aromatic nitrogens is 4. The van der Waals surface area contributed by atoms with Crippen molar-refractivity contribution < 1.29 is 4.79 Å². The molecule has 1 aliphatic rings. The molecule has 7 heteroatoms. The fraction of sp³-hybridized carbons (Fsp3) is 0.400. The van der Waals surface area contributed by atoms with Crippen LogP contribution in [-0.2, 0) is 17.6 Å². The Labute approximate surface area is 158 Å². The number of benzene rings is 1. The zero-order valence-corrected chi connectivity index (χ0v) is 15.7. The van der Waals surface area contributed by atoms with E-state index in [4.69, 9.17) is 0 Å². The van der Waals surface area contributed by atoms with Gasteiger partial charge in [0.05, 0.1) is 5.41 Å². The Morgan fingerprint density at radius 1 is 1.26 bits per heavy atom. The summed E-state index contributed by atoms with van der Waals surface area (Å²) in [6.45, 7) is 5.14. The SMILES string of the molecule is Cc1cc(NCCNC(=O)[C@@]2(C)CCc3ccccc3C2)n2ncnc2n1. The molecule has 0 bridgehead atoms. The molecule has 0 spiro atoms. The van der Waals surface area contributed by atoms with Gasteiger partial charge in [0.15, 0.2) is 0 Å². The third-order valence-electron chi connectivity index (χ3n) is 5.29. The second-order valence-electron chi connectivity index (χ2n) is 7.44. The van der Waals surface area contributed by atoms with Crippen molar-refractivity contribution >= 4 is 17.5 Å². The number of nitrogens with zero attached hydrogens (tertiary/aromatic N) is 4. The van der Waals surface area contributed by atoms with E-state index in [2.05, 4.69) is 50.8 Å². The third-order valence-corrected chi connectivity index (χ3v) is 5.29. The number of amides is 1. The summed E-state index contributed by atoms with van der Waals surface area (Å²) < 4.78 is 1.66. The standard InChI is InChI=1S/C20H24N6O/c1-14-11-17(26-19(25-14)23-13-24-26)21-9-10-22-18(27)20(2)8-7-15-5-3-4-6-16(15)12-20/h3-6,11,13,21H,7-10,12H2,1-2H3,(H,22,27)/t20-/m0/s1. The number of fused-ring (bicyclic) bond motifs is 2. The van der Waals surface area contributed by atoms with Crippen LogP contribution in [0.5, 0.6) is 0 Å². The first-order valence-electron chi connectivity index (χ1n) is 9.31. The highest BCUT2D eigenvalue weighted by atomic mass is 16.2. The van der Waals surface area contributed by atoms with Crippen LogP contribution in [0, 0.1) is 12.3 Å². The van der Waals surface area contributed by atoms with Gasteiger partial charge in [-0.3, -0.25) is 4.79 Å². The molecule has 1 aromatic carbocycles. The molecule has 140 valence electrons. The van der Waals surface area contributed by atoms with Crippen LogP contribution in [0.3, 0.4) is 0 Å². The average molecular weight is 364 g/mol. The predicted molar refractivity (Wildman–Crippen MR) is 104 cm³/mol. The molecule has 4 rings (SSSR count). The molecule has 1 amide bonds. The van der Waals surface area contributed by atoms with Gasteiger partial charge in [0, 0.05) is 24.8 Å². The Kier molecular flexibility index (Phi) is 4.51. The molecular formula is C20H24N6O. The van der Waals surface area contributed by atoms with Crippen molar-refractivity contribution in [1.29, 1.82) is 0 Å². The van der Waals surface area contributed by atoms with Crippen molar-refractivity contribution in [1.82, 2.24) is 24.9 Å².